The van der Waals surface area contributed by atoms with E-state index in [1.165, 1.54) is 32.7 Å². The normalized spacial score (nSPS) is 11.9. The van der Waals surface area contributed by atoms with Crippen molar-refractivity contribution in [2.75, 3.05) is 4.90 Å². The molecule has 0 fully saturated rings. The Morgan fingerprint density at radius 2 is 0.624 bits per heavy atom. The predicted molar refractivity (Wildman–Crippen MR) is 413 cm³/mol. The number of halogens is 1. The molecule has 22 rings (SSSR count). The van der Waals surface area contributed by atoms with Crippen LogP contribution in [0.15, 0.2) is 342 Å². The lowest BCUT2D eigenvalue weighted by atomic mass is 10.00. The molecule has 6 aromatic heterocycles. The number of furan rings is 4. The summed E-state index contributed by atoms with van der Waals surface area (Å²) in [5, 5.41) is 18.5. The lowest BCUT2D eigenvalue weighted by molar-refractivity contribution is 0.623. The number of benzene rings is 16. The van der Waals surface area contributed by atoms with Crippen molar-refractivity contribution in [2.24, 2.45) is 0 Å². The predicted octanol–water partition coefficient (Wildman–Crippen LogP) is 26.6. The number of oxazole rings is 2. The molecular formula is C91H54ClN3O6. The Morgan fingerprint density at radius 3 is 1.20 bits per heavy atom. The Labute approximate surface area is 580 Å². The Balaban J connectivity index is 0.000000113. The van der Waals surface area contributed by atoms with Crippen LogP contribution in [0.1, 0.15) is 11.1 Å². The number of fused-ring (bicyclic) bond motifs is 22. The highest BCUT2D eigenvalue weighted by atomic mass is 35.5. The first-order valence-electron chi connectivity index (χ1n) is 33.6. The fraction of sp³-hybridized carbons (Fsp3) is 0.0110. The summed E-state index contributed by atoms with van der Waals surface area (Å²) in [5.41, 5.74) is 17.9. The Kier molecular flexibility index (Phi) is 13.5. The van der Waals surface area contributed by atoms with Gasteiger partial charge in [-0.3, -0.25) is 0 Å². The maximum absolute atomic E-state index is 6.55. The molecule has 0 radical (unpaired) electrons. The summed E-state index contributed by atoms with van der Waals surface area (Å²) in [6, 6.07) is 108. The van der Waals surface area contributed by atoms with E-state index in [9.17, 15) is 0 Å². The fourth-order valence-electron chi connectivity index (χ4n) is 14.7. The van der Waals surface area contributed by atoms with Gasteiger partial charge in [0.25, 0.3) is 0 Å². The zero-order valence-electron chi connectivity index (χ0n) is 53.9. The molecule has 476 valence electrons. The van der Waals surface area contributed by atoms with Gasteiger partial charge in [-0.15, -0.1) is 0 Å². The maximum atomic E-state index is 6.55. The van der Waals surface area contributed by atoms with Crippen LogP contribution in [0, 0.1) is 0 Å². The van der Waals surface area contributed by atoms with Gasteiger partial charge in [-0.1, -0.05) is 188 Å². The lowest BCUT2D eigenvalue weighted by Crippen LogP contribution is -2.09. The van der Waals surface area contributed by atoms with Gasteiger partial charge in [-0.05, 0) is 183 Å². The van der Waals surface area contributed by atoms with Gasteiger partial charge in [0.2, 0.25) is 11.8 Å². The molecule has 16 aromatic carbocycles. The molecule has 9 nitrogen and oxygen atoms in total. The molecule has 0 aliphatic heterocycles. The standard InChI is InChI=1S/C45H26N2O3.C25H16O2.C21H12ClNO/c1-2-8-29(9-3-1)45-46-38-22-17-28-15-14-27-16-18-30(24-36(27)43(28)44(38)50-45)47(31-20-23-41-37(25-31)34-11-5-7-13-40(34)48-41)32-19-21-35-33-10-4-6-12-39(33)49-42(35)26-32;1-3-7-22-18(5-1)20-11-9-17(15-25(20)27-22)13-16-10-12-24-21(14-16)19-6-2-4-8-23(19)26-24;22-16-10-8-13-6-7-14-9-11-18-20(19(14)17(13)12-16)24-21(23-18)15-4-2-1-3-5-15/h1-26H;1-12,14-15H,13H2;1-12H. The van der Waals surface area contributed by atoms with Crippen molar-refractivity contribution in [3.8, 4) is 22.9 Å². The average molecular weight is 1320 g/mol. The molecule has 0 aliphatic carbocycles. The summed E-state index contributed by atoms with van der Waals surface area (Å²) in [5.74, 6) is 1.25. The van der Waals surface area contributed by atoms with E-state index < -0.39 is 0 Å². The first-order chi connectivity index (χ1) is 49.9. The second-order valence-corrected chi connectivity index (χ2v) is 26.1. The summed E-state index contributed by atoms with van der Waals surface area (Å²) in [6.07, 6.45) is 0.864. The van der Waals surface area contributed by atoms with E-state index in [1.54, 1.807) is 0 Å². The van der Waals surface area contributed by atoms with Crippen LogP contribution in [0.25, 0.3) is 176 Å². The zero-order chi connectivity index (χ0) is 66.7. The van der Waals surface area contributed by atoms with Crippen LogP contribution in [0.5, 0.6) is 0 Å². The monoisotopic (exact) mass is 1320 g/mol. The van der Waals surface area contributed by atoms with Crippen molar-refractivity contribution < 1.29 is 26.5 Å². The molecule has 0 saturated carbocycles. The fourth-order valence-corrected chi connectivity index (χ4v) is 14.9. The zero-order valence-corrected chi connectivity index (χ0v) is 54.7. The minimum atomic E-state index is 0.614. The highest BCUT2D eigenvalue weighted by Gasteiger charge is 2.22. The van der Waals surface area contributed by atoms with Crippen molar-refractivity contribution in [1.29, 1.82) is 0 Å². The Bertz CT molecular complexity index is 7040. The van der Waals surface area contributed by atoms with E-state index in [4.69, 9.17) is 43.1 Å². The van der Waals surface area contributed by atoms with E-state index in [0.29, 0.717) is 11.8 Å². The number of hydrogen-bond acceptors (Lipinski definition) is 9. The summed E-state index contributed by atoms with van der Waals surface area (Å²) in [6.45, 7) is 0. The first-order valence-corrected chi connectivity index (χ1v) is 34.0. The van der Waals surface area contributed by atoms with Crippen LogP contribution in [0.4, 0.5) is 17.1 Å². The number of para-hydroxylation sites is 4. The SMILES string of the molecule is Clc1ccc2ccc3ccc4nc(-c5ccccc5)oc4c3c2c1.c1ccc(-c2nc3ccc4ccc5ccc(N(c6ccc7c(c6)oc6ccccc67)c6ccc7oc8ccccc8c7c6)cc5c4c3o2)cc1.c1ccc2c(c1)oc1cc(Cc3ccc4oc5ccccc5c4c3)ccc12. The molecule has 0 saturated heterocycles. The molecule has 0 amide bonds. The van der Waals surface area contributed by atoms with Gasteiger partial charge in [0.05, 0.1) is 0 Å². The van der Waals surface area contributed by atoms with Crippen molar-refractivity contribution in [3.63, 3.8) is 0 Å². The van der Waals surface area contributed by atoms with Crippen LogP contribution in [-0.4, -0.2) is 9.97 Å². The summed E-state index contributed by atoms with van der Waals surface area (Å²) in [4.78, 5) is 11.8. The molecule has 0 aliphatic rings. The molecule has 0 atom stereocenters. The minimum absolute atomic E-state index is 0.614. The van der Waals surface area contributed by atoms with E-state index in [2.05, 4.69) is 186 Å². The van der Waals surface area contributed by atoms with Gasteiger partial charge in [0.15, 0.2) is 11.2 Å². The topological polar surface area (TPSA) is 108 Å². The number of rotatable bonds is 7. The van der Waals surface area contributed by atoms with Crippen LogP contribution < -0.4 is 4.90 Å². The molecule has 0 spiro atoms. The van der Waals surface area contributed by atoms with E-state index >= 15 is 0 Å². The van der Waals surface area contributed by atoms with Gasteiger partial charge >= 0.3 is 0 Å². The lowest BCUT2D eigenvalue weighted by Gasteiger charge is -2.26. The number of anilines is 3. The molecule has 101 heavy (non-hydrogen) atoms. The van der Waals surface area contributed by atoms with E-state index in [0.717, 1.165) is 171 Å². The van der Waals surface area contributed by atoms with Crippen LogP contribution >= 0.6 is 11.6 Å². The van der Waals surface area contributed by atoms with E-state index in [-0.39, 0.29) is 0 Å². The van der Waals surface area contributed by atoms with Gasteiger partial charge in [-0.2, -0.15) is 0 Å². The minimum Gasteiger partial charge on any atom is -0.456 e. The number of nitrogens with zero attached hydrogens (tertiary/aromatic N) is 3. The van der Waals surface area contributed by atoms with Gasteiger partial charge < -0.3 is 31.4 Å². The largest absolute Gasteiger partial charge is 0.456 e. The van der Waals surface area contributed by atoms with Crippen LogP contribution in [0.2, 0.25) is 5.02 Å². The quantitative estimate of drug-likeness (QED) is 0.144. The third kappa shape index (κ3) is 10.1. The second kappa shape index (κ2) is 23.5. The average Bonchev–Trinajstić information content (AvgIpc) is 1.72. The third-order valence-electron chi connectivity index (χ3n) is 19.5. The Morgan fingerprint density at radius 1 is 0.257 bits per heavy atom. The van der Waals surface area contributed by atoms with Crippen LogP contribution in [0.3, 0.4) is 0 Å². The third-order valence-corrected chi connectivity index (χ3v) is 19.7. The smallest absolute Gasteiger partial charge is 0.227 e. The highest BCUT2D eigenvalue weighted by molar-refractivity contribution is 6.32. The molecular weight excluding hydrogens is 1270 g/mol. The van der Waals surface area contributed by atoms with Crippen molar-refractivity contribution in [1.82, 2.24) is 9.97 Å². The molecule has 10 heteroatoms. The van der Waals surface area contributed by atoms with E-state index in [1.807, 2.05) is 140 Å². The van der Waals surface area contributed by atoms with Crippen molar-refractivity contribution >= 4 is 182 Å². The first kappa shape index (κ1) is 58.0. The van der Waals surface area contributed by atoms with Gasteiger partial charge in [-0.25, -0.2) is 9.97 Å². The van der Waals surface area contributed by atoms with Gasteiger partial charge in [0, 0.05) is 93.1 Å². The highest BCUT2D eigenvalue weighted by Crippen LogP contribution is 2.45. The second-order valence-electron chi connectivity index (χ2n) is 25.6. The Hall–Kier alpha value is -13.2. The van der Waals surface area contributed by atoms with Crippen molar-refractivity contribution in [2.45, 2.75) is 6.42 Å². The molecule has 0 N–H and O–H groups in total. The molecule has 0 bridgehead atoms. The summed E-state index contributed by atoms with van der Waals surface area (Å²) < 4.78 is 37.3. The van der Waals surface area contributed by atoms with Gasteiger partial charge in [0.1, 0.15) is 55.7 Å². The van der Waals surface area contributed by atoms with Crippen LogP contribution in [-0.2, 0) is 6.42 Å². The van der Waals surface area contributed by atoms with Crippen molar-refractivity contribution in [3.05, 3.63) is 332 Å². The molecule has 22 aromatic rings. The number of aromatic nitrogens is 2. The molecule has 6 heterocycles. The summed E-state index contributed by atoms with van der Waals surface area (Å²) >= 11 is 6.23. The maximum Gasteiger partial charge on any atom is 0.227 e. The summed E-state index contributed by atoms with van der Waals surface area (Å²) in [7, 11) is 0. The molecule has 0 unspecified atom stereocenters. The number of hydrogen-bond donors (Lipinski definition) is 0.